The number of hydrogen-bond donors (Lipinski definition) is 0. The third-order valence-electron chi connectivity index (χ3n) is 3.65. The number of benzene rings is 3. The summed E-state index contributed by atoms with van der Waals surface area (Å²) in [5.41, 5.74) is 1.10. The molecule has 3 rings (SSSR count). The highest BCUT2D eigenvalue weighted by molar-refractivity contribution is 6.13. The topological polar surface area (TPSA) is 43.4 Å². The maximum atomic E-state index is 12.9. The minimum absolute atomic E-state index is 0.275. The second kappa shape index (κ2) is 7.38. The van der Waals surface area contributed by atoms with E-state index in [0.717, 1.165) is 0 Å². The van der Waals surface area contributed by atoms with Crippen molar-refractivity contribution >= 4 is 11.8 Å². The van der Waals surface area contributed by atoms with Crippen molar-refractivity contribution in [1.82, 2.24) is 0 Å². The van der Waals surface area contributed by atoms with E-state index in [1.54, 1.807) is 72.8 Å². The van der Waals surface area contributed by atoms with Crippen molar-refractivity contribution < 1.29 is 14.3 Å². The average Bonchev–Trinajstić information content (AvgIpc) is 2.64. The Balaban J connectivity index is 1.93. The van der Waals surface area contributed by atoms with Crippen molar-refractivity contribution in [2.45, 2.75) is 5.92 Å². The molecule has 0 aliphatic carbocycles. The fourth-order valence-corrected chi connectivity index (χ4v) is 2.47. The summed E-state index contributed by atoms with van der Waals surface area (Å²) in [6.07, 6.45) is 0. The van der Waals surface area contributed by atoms with Gasteiger partial charge in [-0.2, -0.15) is 0 Å². The van der Waals surface area contributed by atoms with Gasteiger partial charge in [-0.25, -0.2) is 0 Å². The van der Waals surface area contributed by atoms with Crippen molar-refractivity contribution in [3.8, 4) is 5.75 Å². The molecule has 0 amide bonds. The lowest BCUT2D eigenvalue weighted by molar-refractivity contribution is -0.134. The molecule has 0 N–H and O–H groups in total. The number of carbonyl (C=O) groups excluding carboxylic acids is 2. The summed E-state index contributed by atoms with van der Waals surface area (Å²) in [6.45, 7) is 0. The molecule has 0 radical (unpaired) electrons. The van der Waals surface area contributed by atoms with Gasteiger partial charge in [0, 0.05) is 5.56 Å². The predicted molar refractivity (Wildman–Crippen MR) is 92.0 cm³/mol. The zero-order valence-corrected chi connectivity index (χ0v) is 13.0. The van der Waals surface area contributed by atoms with Gasteiger partial charge in [-0.1, -0.05) is 78.9 Å². The number of ketones is 1. The van der Waals surface area contributed by atoms with Crippen LogP contribution >= 0.6 is 0 Å². The Morgan fingerprint density at radius 3 is 1.75 bits per heavy atom. The first-order valence-electron chi connectivity index (χ1n) is 7.66. The van der Waals surface area contributed by atoms with Crippen LogP contribution in [0.2, 0.25) is 0 Å². The lowest BCUT2D eigenvalue weighted by Gasteiger charge is -2.15. The van der Waals surface area contributed by atoms with Gasteiger partial charge < -0.3 is 4.74 Å². The third kappa shape index (κ3) is 3.58. The van der Waals surface area contributed by atoms with E-state index in [1.807, 2.05) is 18.2 Å². The molecular formula is C21H16O3. The van der Waals surface area contributed by atoms with Crippen LogP contribution in [0.15, 0.2) is 91.0 Å². The first-order chi connectivity index (χ1) is 11.8. The largest absolute Gasteiger partial charge is 0.426 e. The van der Waals surface area contributed by atoms with Crippen molar-refractivity contribution in [2.24, 2.45) is 0 Å². The van der Waals surface area contributed by atoms with E-state index in [2.05, 4.69) is 0 Å². The Kier molecular flexibility index (Phi) is 4.82. The number of hydrogen-bond acceptors (Lipinski definition) is 3. The fraction of sp³-hybridized carbons (Fsp3) is 0.0476. The van der Waals surface area contributed by atoms with Gasteiger partial charge in [-0.15, -0.1) is 0 Å². The summed E-state index contributed by atoms with van der Waals surface area (Å²) in [5.74, 6) is -1.43. The van der Waals surface area contributed by atoms with Crippen LogP contribution in [0, 0.1) is 0 Å². The molecule has 118 valence electrons. The summed E-state index contributed by atoms with van der Waals surface area (Å²) in [5, 5.41) is 0. The minimum atomic E-state index is -0.992. The van der Waals surface area contributed by atoms with Crippen LogP contribution in [0.5, 0.6) is 5.75 Å². The molecule has 3 aromatic carbocycles. The summed E-state index contributed by atoms with van der Waals surface area (Å²) < 4.78 is 5.41. The smallest absolute Gasteiger partial charge is 0.326 e. The highest BCUT2D eigenvalue weighted by Crippen LogP contribution is 2.24. The molecule has 0 bridgehead atoms. The van der Waals surface area contributed by atoms with Crippen LogP contribution in [-0.2, 0) is 4.79 Å². The lowest BCUT2D eigenvalue weighted by atomic mass is 9.90. The Bertz CT molecular complexity index is 811. The van der Waals surface area contributed by atoms with Crippen LogP contribution in [0.4, 0.5) is 0 Å². The molecule has 1 unspecified atom stereocenters. The maximum absolute atomic E-state index is 12.9. The van der Waals surface area contributed by atoms with E-state index in [4.69, 9.17) is 4.74 Å². The van der Waals surface area contributed by atoms with Crippen molar-refractivity contribution in [3.05, 3.63) is 102 Å². The molecule has 3 heteroatoms. The Morgan fingerprint density at radius 2 is 1.17 bits per heavy atom. The first kappa shape index (κ1) is 15.7. The van der Waals surface area contributed by atoms with Gasteiger partial charge in [0.05, 0.1) is 0 Å². The molecule has 1 atom stereocenters. The van der Waals surface area contributed by atoms with Crippen LogP contribution < -0.4 is 4.74 Å². The number of carbonyl (C=O) groups is 2. The molecule has 0 heterocycles. The molecule has 0 aliphatic heterocycles. The Morgan fingerprint density at radius 1 is 0.667 bits per heavy atom. The summed E-state index contributed by atoms with van der Waals surface area (Å²) in [7, 11) is 0. The van der Waals surface area contributed by atoms with E-state index in [1.165, 1.54) is 0 Å². The first-order valence-corrected chi connectivity index (χ1v) is 7.66. The molecule has 0 aromatic heterocycles. The van der Waals surface area contributed by atoms with Crippen molar-refractivity contribution in [1.29, 1.82) is 0 Å². The molecule has 0 saturated carbocycles. The molecule has 0 spiro atoms. The van der Waals surface area contributed by atoms with Crippen molar-refractivity contribution in [2.75, 3.05) is 0 Å². The fourth-order valence-electron chi connectivity index (χ4n) is 2.47. The van der Waals surface area contributed by atoms with Gasteiger partial charge in [-0.05, 0) is 17.7 Å². The van der Waals surface area contributed by atoms with Crippen LogP contribution in [0.1, 0.15) is 21.8 Å². The van der Waals surface area contributed by atoms with Crippen LogP contribution in [0.3, 0.4) is 0 Å². The minimum Gasteiger partial charge on any atom is -0.426 e. The normalized spacial score (nSPS) is 11.5. The standard InChI is InChI=1S/C21H16O3/c22-20(17-12-6-2-7-13-17)19(16-10-4-1-5-11-16)21(23)24-18-14-8-3-9-15-18/h1-15,19H. The lowest BCUT2D eigenvalue weighted by Crippen LogP contribution is -2.26. The van der Waals surface area contributed by atoms with E-state index in [0.29, 0.717) is 16.9 Å². The molecule has 0 saturated heterocycles. The van der Waals surface area contributed by atoms with Crippen LogP contribution in [-0.4, -0.2) is 11.8 Å². The van der Waals surface area contributed by atoms with Gasteiger partial charge in [0.25, 0.3) is 0 Å². The molecule has 0 fully saturated rings. The summed E-state index contributed by atoms with van der Waals surface area (Å²) in [6, 6.07) is 26.5. The van der Waals surface area contributed by atoms with E-state index < -0.39 is 11.9 Å². The maximum Gasteiger partial charge on any atom is 0.326 e. The summed E-state index contributed by atoms with van der Waals surface area (Å²) in [4.78, 5) is 25.6. The molecule has 3 nitrogen and oxygen atoms in total. The van der Waals surface area contributed by atoms with Gasteiger partial charge >= 0.3 is 5.97 Å². The van der Waals surface area contributed by atoms with Gasteiger partial charge in [0.2, 0.25) is 0 Å². The number of rotatable bonds is 5. The highest BCUT2D eigenvalue weighted by atomic mass is 16.5. The number of ether oxygens (including phenoxy) is 1. The molecule has 0 aliphatic rings. The third-order valence-corrected chi connectivity index (χ3v) is 3.65. The predicted octanol–water partition coefficient (Wildman–Crippen LogP) is 4.26. The number of para-hydroxylation sites is 1. The molecule has 24 heavy (non-hydrogen) atoms. The Hall–Kier alpha value is -3.20. The quantitative estimate of drug-likeness (QED) is 0.306. The van der Waals surface area contributed by atoms with Gasteiger partial charge in [0.15, 0.2) is 5.78 Å². The van der Waals surface area contributed by atoms with E-state index in [9.17, 15) is 9.59 Å². The highest BCUT2D eigenvalue weighted by Gasteiger charge is 2.31. The average molecular weight is 316 g/mol. The molecular weight excluding hydrogens is 300 g/mol. The SMILES string of the molecule is O=C(Oc1ccccc1)C(C(=O)c1ccccc1)c1ccccc1. The number of Topliss-reactive ketones (excluding diaryl/α,β-unsaturated/α-hetero) is 1. The van der Waals surface area contributed by atoms with Crippen LogP contribution in [0.25, 0.3) is 0 Å². The second-order valence-corrected chi connectivity index (χ2v) is 5.31. The van der Waals surface area contributed by atoms with Gasteiger partial charge in [0.1, 0.15) is 11.7 Å². The van der Waals surface area contributed by atoms with Crippen molar-refractivity contribution in [3.63, 3.8) is 0 Å². The molecule has 3 aromatic rings. The second-order valence-electron chi connectivity index (χ2n) is 5.31. The van der Waals surface area contributed by atoms with Gasteiger partial charge in [-0.3, -0.25) is 9.59 Å². The summed E-state index contributed by atoms with van der Waals surface area (Å²) >= 11 is 0. The monoisotopic (exact) mass is 316 g/mol. The Labute approximate surface area is 140 Å². The zero-order chi connectivity index (χ0) is 16.8. The zero-order valence-electron chi connectivity index (χ0n) is 13.0. The van der Waals surface area contributed by atoms with E-state index >= 15 is 0 Å². The van der Waals surface area contributed by atoms with E-state index in [-0.39, 0.29) is 5.78 Å². The number of esters is 1.